The van der Waals surface area contributed by atoms with Crippen LogP contribution in [0.2, 0.25) is 0 Å². The fourth-order valence-electron chi connectivity index (χ4n) is 2.93. The number of para-hydroxylation sites is 1. The molecule has 0 bridgehead atoms. The SMILES string of the molecule is COc1cc(OCC2OCCO2)cc(-c2cccc3cccnc23)c1. The van der Waals surface area contributed by atoms with E-state index in [0.717, 1.165) is 27.8 Å². The summed E-state index contributed by atoms with van der Waals surface area (Å²) in [5.41, 5.74) is 2.98. The van der Waals surface area contributed by atoms with E-state index >= 15 is 0 Å². The van der Waals surface area contributed by atoms with Gasteiger partial charge in [-0.2, -0.15) is 0 Å². The summed E-state index contributed by atoms with van der Waals surface area (Å²) in [6, 6.07) is 16.0. The Kier molecular flexibility index (Phi) is 4.50. The molecule has 0 saturated carbocycles. The number of fused-ring (bicyclic) bond motifs is 1. The van der Waals surface area contributed by atoms with Crippen LogP contribution in [0.15, 0.2) is 54.7 Å². The van der Waals surface area contributed by atoms with Crippen molar-refractivity contribution in [3.8, 4) is 22.6 Å². The molecular weight excluding hydrogens is 318 g/mol. The molecule has 1 saturated heterocycles. The van der Waals surface area contributed by atoms with Crippen LogP contribution in [0.25, 0.3) is 22.0 Å². The van der Waals surface area contributed by atoms with E-state index in [-0.39, 0.29) is 6.29 Å². The lowest BCUT2D eigenvalue weighted by Crippen LogP contribution is -2.18. The Morgan fingerprint density at radius 1 is 1.04 bits per heavy atom. The average Bonchev–Trinajstić information content (AvgIpc) is 3.19. The first-order chi connectivity index (χ1) is 12.3. The maximum absolute atomic E-state index is 5.86. The van der Waals surface area contributed by atoms with Crippen LogP contribution >= 0.6 is 0 Å². The van der Waals surface area contributed by atoms with E-state index < -0.39 is 0 Å². The zero-order valence-corrected chi connectivity index (χ0v) is 14.0. The minimum atomic E-state index is -0.311. The molecule has 128 valence electrons. The van der Waals surface area contributed by atoms with Crippen molar-refractivity contribution < 1.29 is 18.9 Å². The van der Waals surface area contributed by atoms with Gasteiger partial charge in [0.2, 0.25) is 0 Å². The summed E-state index contributed by atoms with van der Waals surface area (Å²) in [6.45, 7) is 1.57. The van der Waals surface area contributed by atoms with Gasteiger partial charge in [-0.3, -0.25) is 4.98 Å². The Balaban J connectivity index is 1.69. The Morgan fingerprint density at radius 2 is 1.84 bits per heavy atom. The number of hydrogen-bond acceptors (Lipinski definition) is 5. The normalized spacial score (nSPS) is 14.8. The molecule has 0 amide bonds. The van der Waals surface area contributed by atoms with Crippen molar-refractivity contribution in [3.63, 3.8) is 0 Å². The molecule has 5 nitrogen and oxygen atoms in total. The van der Waals surface area contributed by atoms with Crippen molar-refractivity contribution in [1.82, 2.24) is 4.98 Å². The van der Waals surface area contributed by atoms with Crippen molar-refractivity contribution in [2.75, 3.05) is 26.9 Å². The summed E-state index contributed by atoms with van der Waals surface area (Å²) >= 11 is 0. The van der Waals surface area contributed by atoms with Gasteiger partial charge in [0.05, 0.1) is 25.8 Å². The molecule has 1 aliphatic heterocycles. The van der Waals surface area contributed by atoms with Gasteiger partial charge in [0.25, 0.3) is 0 Å². The summed E-state index contributed by atoms with van der Waals surface area (Å²) in [5.74, 6) is 1.44. The Hall–Kier alpha value is -2.63. The summed E-state index contributed by atoms with van der Waals surface area (Å²) in [5, 5.41) is 1.10. The smallest absolute Gasteiger partial charge is 0.191 e. The van der Waals surface area contributed by atoms with Gasteiger partial charge in [-0.25, -0.2) is 0 Å². The number of hydrogen-bond donors (Lipinski definition) is 0. The molecule has 1 aliphatic rings. The fraction of sp³-hybridized carbons (Fsp3) is 0.250. The quantitative estimate of drug-likeness (QED) is 0.711. The zero-order valence-electron chi connectivity index (χ0n) is 14.0. The lowest BCUT2D eigenvalue weighted by Gasteiger charge is -2.14. The second kappa shape index (κ2) is 7.09. The van der Waals surface area contributed by atoms with E-state index in [1.165, 1.54) is 0 Å². The highest BCUT2D eigenvalue weighted by atomic mass is 16.7. The maximum atomic E-state index is 5.86. The highest BCUT2D eigenvalue weighted by Crippen LogP contribution is 2.33. The van der Waals surface area contributed by atoms with Crippen LogP contribution in [-0.2, 0) is 9.47 Å². The molecule has 0 atom stereocenters. The maximum Gasteiger partial charge on any atom is 0.191 e. The van der Waals surface area contributed by atoms with Crippen LogP contribution in [0.1, 0.15) is 0 Å². The second-order valence-corrected chi connectivity index (χ2v) is 5.76. The minimum Gasteiger partial charge on any atom is -0.497 e. The molecule has 3 aromatic rings. The molecule has 2 aromatic carbocycles. The molecule has 0 N–H and O–H groups in total. The Bertz CT molecular complexity index is 869. The molecule has 2 heterocycles. The van der Waals surface area contributed by atoms with E-state index in [4.69, 9.17) is 18.9 Å². The van der Waals surface area contributed by atoms with E-state index in [2.05, 4.69) is 23.2 Å². The third kappa shape index (κ3) is 3.43. The lowest BCUT2D eigenvalue weighted by molar-refractivity contribution is -0.0684. The van der Waals surface area contributed by atoms with Gasteiger partial charge in [-0.05, 0) is 23.8 Å². The first-order valence-electron chi connectivity index (χ1n) is 8.23. The van der Waals surface area contributed by atoms with E-state index in [9.17, 15) is 0 Å². The highest BCUT2D eigenvalue weighted by molar-refractivity contribution is 5.93. The summed E-state index contributed by atoms with van der Waals surface area (Å²) in [7, 11) is 1.65. The summed E-state index contributed by atoms with van der Waals surface area (Å²) in [4.78, 5) is 4.53. The van der Waals surface area contributed by atoms with Gasteiger partial charge in [-0.15, -0.1) is 0 Å². The molecule has 0 unspecified atom stereocenters. The summed E-state index contributed by atoms with van der Waals surface area (Å²) in [6.07, 6.45) is 1.49. The van der Waals surface area contributed by atoms with Crippen molar-refractivity contribution in [3.05, 3.63) is 54.7 Å². The number of rotatable bonds is 5. The van der Waals surface area contributed by atoms with E-state index in [1.807, 2.05) is 30.3 Å². The van der Waals surface area contributed by atoms with Crippen molar-refractivity contribution in [2.45, 2.75) is 6.29 Å². The van der Waals surface area contributed by atoms with Gasteiger partial charge in [0, 0.05) is 23.2 Å². The molecule has 0 aliphatic carbocycles. The molecular formula is C20H19NO4. The Morgan fingerprint density at radius 3 is 2.68 bits per heavy atom. The molecule has 0 spiro atoms. The van der Waals surface area contributed by atoms with Gasteiger partial charge in [0.1, 0.15) is 18.1 Å². The molecule has 5 heteroatoms. The largest absolute Gasteiger partial charge is 0.497 e. The van der Waals surface area contributed by atoms with Crippen molar-refractivity contribution >= 4 is 10.9 Å². The number of pyridine rings is 1. The fourth-order valence-corrected chi connectivity index (χ4v) is 2.93. The van der Waals surface area contributed by atoms with Gasteiger partial charge < -0.3 is 18.9 Å². The molecule has 1 fully saturated rings. The molecule has 25 heavy (non-hydrogen) atoms. The number of nitrogens with zero attached hydrogens (tertiary/aromatic N) is 1. The predicted octanol–water partition coefficient (Wildman–Crippen LogP) is 3.66. The predicted molar refractivity (Wildman–Crippen MR) is 94.9 cm³/mol. The standard InChI is InChI=1S/C20H19NO4/c1-22-16-10-15(11-17(12-16)25-13-19-23-8-9-24-19)18-6-2-4-14-5-3-7-21-20(14)18/h2-7,10-12,19H,8-9,13H2,1H3. The lowest BCUT2D eigenvalue weighted by atomic mass is 10.0. The third-order valence-corrected chi connectivity index (χ3v) is 4.14. The van der Waals surface area contributed by atoms with Gasteiger partial charge in [0.15, 0.2) is 6.29 Å². The number of aromatic nitrogens is 1. The number of ether oxygens (including phenoxy) is 4. The van der Waals surface area contributed by atoms with Crippen molar-refractivity contribution in [1.29, 1.82) is 0 Å². The van der Waals surface area contributed by atoms with E-state index in [0.29, 0.717) is 25.6 Å². The third-order valence-electron chi connectivity index (χ3n) is 4.14. The highest BCUT2D eigenvalue weighted by Gasteiger charge is 2.17. The molecule has 1 aromatic heterocycles. The number of methoxy groups -OCH3 is 1. The van der Waals surface area contributed by atoms with Crippen LogP contribution in [-0.4, -0.2) is 38.2 Å². The van der Waals surface area contributed by atoms with Crippen molar-refractivity contribution in [2.24, 2.45) is 0 Å². The van der Waals surface area contributed by atoms with Crippen LogP contribution in [0.5, 0.6) is 11.5 Å². The first kappa shape index (κ1) is 15.9. The van der Waals surface area contributed by atoms with Gasteiger partial charge in [-0.1, -0.05) is 24.3 Å². The van der Waals surface area contributed by atoms with Crippen LogP contribution in [0.3, 0.4) is 0 Å². The van der Waals surface area contributed by atoms with Gasteiger partial charge >= 0.3 is 0 Å². The monoisotopic (exact) mass is 337 g/mol. The van der Waals surface area contributed by atoms with Crippen LogP contribution in [0.4, 0.5) is 0 Å². The average molecular weight is 337 g/mol. The van der Waals surface area contributed by atoms with Crippen LogP contribution in [0, 0.1) is 0 Å². The first-order valence-corrected chi connectivity index (χ1v) is 8.23. The number of benzene rings is 2. The topological polar surface area (TPSA) is 49.8 Å². The zero-order chi connectivity index (χ0) is 17.1. The Labute approximate surface area is 146 Å². The summed E-state index contributed by atoms with van der Waals surface area (Å²) < 4.78 is 22.1. The molecule has 0 radical (unpaired) electrons. The minimum absolute atomic E-state index is 0.311. The second-order valence-electron chi connectivity index (χ2n) is 5.76. The molecule has 4 rings (SSSR count). The van der Waals surface area contributed by atoms with Crippen LogP contribution < -0.4 is 9.47 Å². The van der Waals surface area contributed by atoms with E-state index in [1.54, 1.807) is 13.3 Å².